The number of aliphatic carboxylic acids is 1. The zero-order chi connectivity index (χ0) is 11.6. The standard InChI is InChI=1S/C8H7F3N2O2/c9-8(10,11)4-1-2-5(13-3-4)6(12)7(14)15/h1-3,6H,12H2,(H,14,15)/t6-/m0/s1. The van der Waals surface area contributed by atoms with Crippen LogP contribution >= 0.6 is 0 Å². The van der Waals surface area contributed by atoms with Gasteiger partial charge in [-0.3, -0.25) is 9.78 Å². The van der Waals surface area contributed by atoms with Crippen molar-refractivity contribution in [3.63, 3.8) is 0 Å². The Hall–Kier alpha value is -1.63. The maximum atomic E-state index is 12.1. The molecule has 4 nitrogen and oxygen atoms in total. The molecule has 1 aromatic rings. The maximum Gasteiger partial charge on any atom is 0.417 e. The molecule has 0 saturated carbocycles. The Morgan fingerprint density at radius 2 is 2.07 bits per heavy atom. The van der Waals surface area contributed by atoms with Crippen LogP contribution in [0, 0.1) is 0 Å². The molecule has 0 bridgehead atoms. The van der Waals surface area contributed by atoms with Crippen LogP contribution in [-0.2, 0) is 11.0 Å². The Balaban J connectivity index is 2.95. The quantitative estimate of drug-likeness (QED) is 0.784. The third-order valence-corrected chi connectivity index (χ3v) is 1.70. The summed E-state index contributed by atoms with van der Waals surface area (Å²) in [6.45, 7) is 0. The highest BCUT2D eigenvalue weighted by molar-refractivity contribution is 5.74. The normalized spacial score (nSPS) is 13.6. The monoisotopic (exact) mass is 220 g/mol. The molecule has 1 atom stereocenters. The molecule has 0 fully saturated rings. The second-order valence-corrected chi connectivity index (χ2v) is 2.79. The third kappa shape index (κ3) is 2.66. The summed E-state index contributed by atoms with van der Waals surface area (Å²) < 4.78 is 36.3. The summed E-state index contributed by atoms with van der Waals surface area (Å²) in [4.78, 5) is 13.7. The van der Waals surface area contributed by atoms with Gasteiger partial charge in [0.25, 0.3) is 0 Å². The van der Waals surface area contributed by atoms with Crippen molar-refractivity contribution in [2.45, 2.75) is 12.2 Å². The number of hydrogen-bond acceptors (Lipinski definition) is 3. The van der Waals surface area contributed by atoms with Crippen molar-refractivity contribution in [1.82, 2.24) is 4.98 Å². The zero-order valence-corrected chi connectivity index (χ0v) is 7.32. The van der Waals surface area contributed by atoms with E-state index < -0.39 is 23.8 Å². The smallest absolute Gasteiger partial charge is 0.417 e. The third-order valence-electron chi connectivity index (χ3n) is 1.70. The van der Waals surface area contributed by atoms with Crippen molar-refractivity contribution in [1.29, 1.82) is 0 Å². The molecule has 0 aliphatic rings. The van der Waals surface area contributed by atoms with E-state index in [0.717, 1.165) is 12.1 Å². The molecule has 82 valence electrons. The first-order chi connectivity index (χ1) is 6.82. The second kappa shape index (κ2) is 3.85. The lowest BCUT2D eigenvalue weighted by atomic mass is 10.1. The van der Waals surface area contributed by atoms with Gasteiger partial charge in [0.15, 0.2) is 0 Å². The van der Waals surface area contributed by atoms with Gasteiger partial charge in [-0.2, -0.15) is 13.2 Å². The highest BCUT2D eigenvalue weighted by Gasteiger charge is 2.31. The number of aromatic nitrogens is 1. The highest BCUT2D eigenvalue weighted by Crippen LogP contribution is 2.28. The van der Waals surface area contributed by atoms with Crippen LogP contribution in [0.4, 0.5) is 13.2 Å². The number of pyridine rings is 1. The van der Waals surface area contributed by atoms with E-state index in [0.29, 0.717) is 6.20 Å². The molecule has 0 spiro atoms. The zero-order valence-electron chi connectivity index (χ0n) is 7.32. The number of carbonyl (C=O) groups is 1. The topological polar surface area (TPSA) is 76.2 Å². The van der Waals surface area contributed by atoms with Gasteiger partial charge in [0.1, 0.15) is 6.04 Å². The van der Waals surface area contributed by atoms with Crippen LogP contribution in [-0.4, -0.2) is 16.1 Å². The van der Waals surface area contributed by atoms with Crippen molar-refractivity contribution in [2.24, 2.45) is 5.73 Å². The number of carboxylic acid groups (broad SMARTS) is 1. The minimum absolute atomic E-state index is 0.115. The molecule has 0 radical (unpaired) electrons. The predicted molar refractivity (Wildman–Crippen MR) is 43.8 cm³/mol. The number of nitrogens with two attached hydrogens (primary N) is 1. The number of halogens is 3. The SMILES string of the molecule is N[C@H](C(=O)O)c1ccc(C(F)(F)F)cn1. The van der Waals surface area contributed by atoms with Gasteiger partial charge in [-0.25, -0.2) is 0 Å². The van der Waals surface area contributed by atoms with E-state index in [2.05, 4.69) is 4.98 Å². The van der Waals surface area contributed by atoms with E-state index in [-0.39, 0.29) is 5.69 Å². The van der Waals surface area contributed by atoms with Gasteiger partial charge in [0.2, 0.25) is 0 Å². The number of alkyl halides is 3. The summed E-state index contributed by atoms with van der Waals surface area (Å²) in [5, 5.41) is 8.48. The predicted octanol–water partition coefficient (Wildman–Crippen LogP) is 1.18. The minimum Gasteiger partial charge on any atom is -0.480 e. The van der Waals surface area contributed by atoms with Gasteiger partial charge in [-0.05, 0) is 12.1 Å². The molecule has 1 rings (SSSR count). The Kier molecular flexibility index (Phi) is 2.94. The van der Waals surface area contributed by atoms with Gasteiger partial charge in [-0.1, -0.05) is 0 Å². The molecular formula is C8H7F3N2O2. The van der Waals surface area contributed by atoms with Gasteiger partial charge in [-0.15, -0.1) is 0 Å². The second-order valence-electron chi connectivity index (χ2n) is 2.79. The molecular weight excluding hydrogens is 213 g/mol. The Morgan fingerprint density at radius 1 is 1.47 bits per heavy atom. The van der Waals surface area contributed by atoms with E-state index in [1.807, 2.05) is 0 Å². The average molecular weight is 220 g/mol. The fourth-order valence-electron chi connectivity index (χ4n) is 0.883. The molecule has 3 N–H and O–H groups in total. The van der Waals surface area contributed by atoms with Crippen LogP contribution in [0.25, 0.3) is 0 Å². The number of hydrogen-bond donors (Lipinski definition) is 2. The van der Waals surface area contributed by atoms with E-state index in [1.54, 1.807) is 0 Å². The van der Waals surface area contributed by atoms with Crippen LogP contribution in [0.1, 0.15) is 17.3 Å². The van der Waals surface area contributed by atoms with Crippen molar-refractivity contribution in [3.05, 3.63) is 29.6 Å². The molecule has 1 heterocycles. The van der Waals surface area contributed by atoms with Crippen molar-refractivity contribution < 1.29 is 23.1 Å². The molecule has 0 unspecified atom stereocenters. The summed E-state index contributed by atoms with van der Waals surface area (Å²) >= 11 is 0. The van der Waals surface area contributed by atoms with E-state index >= 15 is 0 Å². The lowest BCUT2D eigenvalue weighted by Gasteiger charge is -2.08. The molecule has 0 aliphatic heterocycles. The van der Waals surface area contributed by atoms with Crippen molar-refractivity contribution in [3.8, 4) is 0 Å². The van der Waals surface area contributed by atoms with Crippen molar-refractivity contribution >= 4 is 5.97 Å². The van der Waals surface area contributed by atoms with E-state index in [9.17, 15) is 18.0 Å². The van der Waals surface area contributed by atoms with Gasteiger partial charge < -0.3 is 10.8 Å². The summed E-state index contributed by atoms with van der Waals surface area (Å²) in [5.74, 6) is -1.35. The molecule has 0 amide bonds. The number of nitrogens with zero attached hydrogens (tertiary/aromatic N) is 1. The number of rotatable bonds is 2. The van der Waals surface area contributed by atoms with Crippen LogP contribution < -0.4 is 5.73 Å². The van der Waals surface area contributed by atoms with Crippen LogP contribution in [0.2, 0.25) is 0 Å². The summed E-state index contributed by atoms with van der Waals surface area (Å²) in [5.41, 5.74) is 4.10. The maximum absolute atomic E-state index is 12.1. The minimum atomic E-state index is -4.49. The summed E-state index contributed by atoms with van der Waals surface area (Å²) in [6.07, 6.45) is -3.93. The Morgan fingerprint density at radius 3 is 2.40 bits per heavy atom. The molecule has 0 aromatic carbocycles. The number of carboxylic acids is 1. The molecule has 7 heteroatoms. The summed E-state index contributed by atoms with van der Waals surface area (Å²) in [7, 11) is 0. The summed E-state index contributed by atoms with van der Waals surface area (Å²) in [6, 6.07) is 0.277. The van der Waals surface area contributed by atoms with E-state index in [4.69, 9.17) is 10.8 Å². The van der Waals surface area contributed by atoms with Crippen LogP contribution in [0.3, 0.4) is 0 Å². The highest BCUT2D eigenvalue weighted by atomic mass is 19.4. The first-order valence-corrected chi connectivity index (χ1v) is 3.84. The largest absolute Gasteiger partial charge is 0.480 e. The molecule has 0 aliphatic carbocycles. The first-order valence-electron chi connectivity index (χ1n) is 3.84. The van der Waals surface area contributed by atoms with Gasteiger partial charge >= 0.3 is 12.1 Å². The molecule has 0 saturated heterocycles. The van der Waals surface area contributed by atoms with Gasteiger partial charge in [0.05, 0.1) is 11.3 Å². The Bertz CT molecular complexity index is 361. The first kappa shape index (κ1) is 11.4. The lowest BCUT2D eigenvalue weighted by molar-refractivity contribution is -0.138. The fourth-order valence-corrected chi connectivity index (χ4v) is 0.883. The lowest BCUT2D eigenvalue weighted by Crippen LogP contribution is -2.22. The molecule has 1 aromatic heterocycles. The van der Waals surface area contributed by atoms with Crippen LogP contribution in [0.15, 0.2) is 18.3 Å². The fraction of sp³-hybridized carbons (Fsp3) is 0.250. The Labute approximate surface area is 82.5 Å². The van der Waals surface area contributed by atoms with Crippen LogP contribution in [0.5, 0.6) is 0 Å². The van der Waals surface area contributed by atoms with Crippen molar-refractivity contribution in [2.75, 3.05) is 0 Å². The molecule has 15 heavy (non-hydrogen) atoms. The van der Waals surface area contributed by atoms with Gasteiger partial charge in [0, 0.05) is 6.20 Å². The van der Waals surface area contributed by atoms with E-state index in [1.165, 1.54) is 0 Å². The average Bonchev–Trinajstić information content (AvgIpc) is 2.15.